The van der Waals surface area contributed by atoms with Crippen molar-refractivity contribution in [3.05, 3.63) is 12.2 Å². The van der Waals surface area contributed by atoms with Gasteiger partial charge < -0.3 is 5.11 Å². The Labute approximate surface area is 84.0 Å². The molecule has 3 rings (SSSR count). The minimum absolute atomic E-state index is 0.112. The molecule has 0 aromatic carbocycles. The molecule has 76 valence electrons. The van der Waals surface area contributed by atoms with Gasteiger partial charge in [-0.3, -0.25) is 4.79 Å². The van der Waals surface area contributed by atoms with E-state index < -0.39 is 0 Å². The SMILES string of the molecule is C=C1C(=O)CC23CCCC12C(O)CC3. The van der Waals surface area contributed by atoms with Crippen LogP contribution < -0.4 is 0 Å². The van der Waals surface area contributed by atoms with E-state index in [1.54, 1.807) is 0 Å². The molecule has 2 nitrogen and oxygen atoms in total. The van der Waals surface area contributed by atoms with Crippen LogP contribution in [0.25, 0.3) is 0 Å². The Morgan fingerprint density at radius 1 is 1.36 bits per heavy atom. The van der Waals surface area contributed by atoms with Gasteiger partial charge in [0, 0.05) is 11.8 Å². The second-order valence-electron chi connectivity index (χ2n) is 5.24. The largest absolute Gasteiger partial charge is 0.392 e. The van der Waals surface area contributed by atoms with Crippen molar-refractivity contribution in [3.63, 3.8) is 0 Å². The van der Waals surface area contributed by atoms with Crippen molar-refractivity contribution >= 4 is 5.78 Å². The molecule has 0 aliphatic heterocycles. The second-order valence-corrected chi connectivity index (χ2v) is 5.24. The molecule has 2 heteroatoms. The van der Waals surface area contributed by atoms with Crippen LogP contribution in [0.5, 0.6) is 0 Å². The Hall–Kier alpha value is -0.630. The lowest BCUT2D eigenvalue weighted by atomic mass is 9.68. The standard InChI is InChI=1S/C12H16O2/c1-8-9(13)7-11-4-2-5-12(8,11)10(14)3-6-11/h10,14H,1-7H2. The van der Waals surface area contributed by atoms with E-state index in [-0.39, 0.29) is 22.7 Å². The maximum atomic E-state index is 11.7. The number of rotatable bonds is 0. The second kappa shape index (κ2) is 2.30. The van der Waals surface area contributed by atoms with Crippen molar-refractivity contribution in [2.45, 2.75) is 44.6 Å². The van der Waals surface area contributed by atoms with Crippen LogP contribution in [-0.2, 0) is 4.79 Å². The summed E-state index contributed by atoms with van der Waals surface area (Å²) >= 11 is 0. The molecule has 3 fully saturated rings. The van der Waals surface area contributed by atoms with E-state index in [0.717, 1.165) is 37.7 Å². The Balaban J connectivity index is 2.19. The summed E-state index contributed by atoms with van der Waals surface area (Å²) in [7, 11) is 0. The van der Waals surface area contributed by atoms with Crippen molar-refractivity contribution in [2.24, 2.45) is 10.8 Å². The summed E-state index contributed by atoms with van der Waals surface area (Å²) in [6.45, 7) is 3.95. The first-order valence-corrected chi connectivity index (χ1v) is 5.53. The fourth-order valence-electron chi connectivity index (χ4n) is 4.39. The summed E-state index contributed by atoms with van der Waals surface area (Å²) in [5.74, 6) is 0.212. The van der Waals surface area contributed by atoms with Gasteiger partial charge in [0.05, 0.1) is 6.10 Å². The van der Waals surface area contributed by atoms with Gasteiger partial charge in [-0.1, -0.05) is 13.0 Å². The zero-order chi connectivity index (χ0) is 9.97. The predicted octanol–water partition coefficient (Wildman–Crippen LogP) is 1.83. The number of hydrogen-bond donors (Lipinski definition) is 1. The lowest BCUT2D eigenvalue weighted by molar-refractivity contribution is -0.115. The lowest BCUT2D eigenvalue weighted by Crippen LogP contribution is -2.36. The summed E-state index contributed by atoms with van der Waals surface area (Å²) < 4.78 is 0. The molecule has 0 aromatic heterocycles. The van der Waals surface area contributed by atoms with Gasteiger partial charge in [-0.15, -0.1) is 0 Å². The normalized spacial score (nSPS) is 51.1. The van der Waals surface area contributed by atoms with Gasteiger partial charge in [-0.05, 0) is 36.7 Å². The van der Waals surface area contributed by atoms with Crippen molar-refractivity contribution in [1.29, 1.82) is 0 Å². The summed E-state index contributed by atoms with van der Waals surface area (Å²) in [6.07, 6.45) is 5.51. The van der Waals surface area contributed by atoms with Crippen LogP contribution in [0.15, 0.2) is 12.2 Å². The maximum Gasteiger partial charge on any atom is 0.159 e. The minimum atomic E-state index is -0.302. The van der Waals surface area contributed by atoms with Crippen LogP contribution in [0, 0.1) is 10.8 Å². The van der Waals surface area contributed by atoms with Crippen LogP contribution >= 0.6 is 0 Å². The molecule has 1 N–H and O–H groups in total. The van der Waals surface area contributed by atoms with Gasteiger partial charge >= 0.3 is 0 Å². The molecule has 3 aliphatic rings. The van der Waals surface area contributed by atoms with Gasteiger partial charge in [-0.25, -0.2) is 0 Å². The first-order valence-electron chi connectivity index (χ1n) is 5.53. The van der Waals surface area contributed by atoms with Gasteiger partial charge in [0.1, 0.15) is 0 Å². The van der Waals surface area contributed by atoms with E-state index in [1.165, 1.54) is 0 Å². The minimum Gasteiger partial charge on any atom is -0.392 e. The Morgan fingerprint density at radius 3 is 2.86 bits per heavy atom. The molecule has 0 bridgehead atoms. The molecular weight excluding hydrogens is 176 g/mol. The molecule has 3 unspecified atom stereocenters. The number of Topliss-reactive ketones (excluding diaryl/α,β-unsaturated/α-hetero) is 1. The molecule has 0 heterocycles. The zero-order valence-electron chi connectivity index (χ0n) is 8.38. The molecule has 14 heavy (non-hydrogen) atoms. The van der Waals surface area contributed by atoms with Gasteiger partial charge in [0.15, 0.2) is 5.78 Å². The smallest absolute Gasteiger partial charge is 0.159 e. The fraction of sp³-hybridized carbons (Fsp3) is 0.750. The number of aliphatic hydroxyl groups excluding tert-OH is 1. The van der Waals surface area contributed by atoms with E-state index in [1.807, 2.05) is 0 Å². The number of ketones is 1. The van der Waals surface area contributed by atoms with Crippen LogP contribution in [0.2, 0.25) is 0 Å². The highest BCUT2D eigenvalue weighted by molar-refractivity contribution is 6.00. The molecule has 0 saturated heterocycles. The van der Waals surface area contributed by atoms with E-state index >= 15 is 0 Å². The third-order valence-corrected chi connectivity index (χ3v) is 5.01. The molecule has 0 spiro atoms. The Kier molecular flexibility index (Phi) is 1.42. The number of hydrogen-bond acceptors (Lipinski definition) is 2. The number of carbonyl (C=O) groups is 1. The molecule has 0 amide bonds. The summed E-state index contributed by atoms with van der Waals surface area (Å²) in [5, 5.41) is 10.1. The number of carbonyl (C=O) groups excluding carboxylic acids is 1. The predicted molar refractivity (Wildman–Crippen MR) is 52.7 cm³/mol. The van der Waals surface area contributed by atoms with Crippen LogP contribution in [-0.4, -0.2) is 17.0 Å². The molecular formula is C12H16O2. The van der Waals surface area contributed by atoms with Crippen molar-refractivity contribution in [2.75, 3.05) is 0 Å². The number of aliphatic hydroxyl groups is 1. The van der Waals surface area contributed by atoms with E-state index in [0.29, 0.717) is 6.42 Å². The van der Waals surface area contributed by atoms with E-state index in [4.69, 9.17) is 0 Å². The van der Waals surface area contributed by atoms with Crippen molar-refractivity contribution in [3.8, 4) is 0 Å². The molecule has 3 aliphatic carbocycles. The maximum absolute atomic E-state index is 11.7. The summed E-state index contributed by atoms with van der Waals surface area (Å²) in [4.78, 5) is 11.7. The fourth-order valence-corrected chi connectivity index (χ4v) is 4.39. The van der Waals surface area contributed by atoms with Gasteiger partial charge in [-0.2, -0.15) is 0 Å². The summed E-state index contributed by atoms with van der Waals surface area (Å²) in [5.41, 5.74) is 0.644. The highest BCUT2D eigenvalue weighted by Crippen LogP contribution is 2.71. The van der Waals surface area contributed by atoms with E-state index in [2.05, 4.69) is 6.58 Å². The first-order chi connectivity index (χ1) is 6.62. The average Bonchev–Trinajstić information content (AvgIpc) is 2.68. The Morgan fingerprint density at radius 2 is 2.14 bits per heavy atom. The van der Waals surface area contributed by atoms with Gasteiger partial charge in [0.2, 0.25) is 0 Å². The third kappa shape index (κ3) is 0.650. The molecule has 0 aromatic rings. The monoisotopic (exact) mass is 192 g/mol. The molecule has 0 radical (unpaired) electrons. The molecule has 3 atom stereocenters. The zero-order valence-corrected chi connectivity index (χ0v) is 8.38. The van der Waals surface area contributed by atoms with E-state index in [9.17, 15) is 9.90 Å². The van der Waals surface area contributed by atoms with Crippen molar-refractivity contribution < 1.29 is 9.90 Å². The average molecular weight is 192 g/mol. The van der Waals surface area contributed by atoms with Gasteiger partial charge in [0.25, 0.3) is 0 Å². The highest BCUT2D eigenvalue weighted by Gasteiger charge is 2.68. The van der Waals surface area contributed by atoms with Crippen LogP contribution in [0.1, 0.15) is 38.5 Å². The third-order valence-electron chi connectivity index (χ3n) is 5.01. The highest BCUT2D eigenvalue weighted by atomic mass is 16.3. The van der Waals surface area contributed by atoms with Crippen molar-refractivity contribution in [1.82, 2.24) is 0 Å². The van der Waals surface area contributed by atoms with Crippen LogP contribution in [0.3, 0.4) is 0 Å². The topological polar surface area (TPSA) is 37.3 Å². The van der Waals surface area contributed by atoms with Crippen LogP contribution in [0.4, 0.5) is 0 Å². The quantitative estimate of drug-likeness (QED) is 0.594. The summed E-state index contributed by atoms with van der Waals surface area (Å²) in [6, 6.07) is 0. The lowest BCUT2D eigenvalue weighted by Gasteiger charge is -2.36. The molecule has 3 saturated carbocycles. The first kappa shape index (κ1) is 8.66. The Bertz CT molecular complexity index is 333.